The van der Waals surface area contributed by atoms with Crippen LogP contribution in [0.1, 0.15) is 33.9 Å². The van der Waals surface area contributed by atoms with Crippen molar-refractivity contribution in [3.63, 3.8) is 0 Å². The molecule has 0 aliphatic carbocycles. The van der Waals surface area contributed by atoms with Crippen molar-refractivity contribution in [1.29, 1.82) is 0 Å². The molecule has 1 atom stereocenters. The van der Waals surface area contributed by atoms with Gasteiger partial charge in [0.25, 0.3) is 5.69 Å². The number of anilines is 1. The molecule has 0 saturated heterocycles. The van der Waals surface area contributed by atoms with Crippen LogP contribution in [0.4, 0.5) is 11.4 Å². The predicted octanol–water partition coefficient (Wildman–Crippen LogP) is 5.75. The number of benzene rings is 3. The molecule has 6 heteroatoms. The van der Waals surface area contributed by atoms with E-state index in [9.17, 15) is 14.9 Å². The van der Waals surface area contributed by atoms with Crippen LogP contribution in [0.25, 0.3) is 0 Å². The second kappa shape index (κ2) is 9.67. The summed E-state index contributed by atoms with van der Waals surface area (Å²) in [6.07, 6.45) is 0.246. The van der Waals surface area contributed by atoms with E-state index in [4.69, 9.17) is 0 Å². The molecule has 1 N–H and O–H groups in total. The zero-order valence-corrected chi connectivity index (χ0v) is 16.2. The van der Waals surface area contributed by atoms with Gasteiger partial charge in [-0.15, -0.1) is 12.4 Å². The van der Waals surface area contributed by atoms with Crippen LogP contribution in [0.15, 0.2) is 78.9 Å². The third-order valence-electron chi connectivity index (χ3n) is 4.38. The van der Waals surface area contributed by atoms with Gasteiger partial charge in [-0.2, -0.15) is 0 Å². The summed E-state index contributed by atoms with van der Waals surface area (Å²) in [5.41, 5.74) is 3.55. The highest BCUT2D eigenvalue weighted by molar-refractivity contribution is 5.96. The number of nitro benzene ring substituents is 1. The zero-order valence-electron chi connectivity index (χ0n) is 15.4. The second-order valence-corrected chi connectivity index (χ2v) is 6.40. The topological polar surface area (TPSA) is 72.2 Å². The number of carbonyl (C=O) groups is 1. The summed E-state index contributed by atoms with van der Waals surface area (Å²) in [6.45, 7) is 2.02. The van der Waals surface area contributed by atoms with Crippen LogP contribution in [0.2, 0.25) is 0 Å². The molecule has 5 nitrogen and oxygen atoms in total. The van der Waals surface area contributed by atoms with E-state index in [-0.39, 0.29) is 36.3 Å². The number of hydrogen-bond acceptors (Lipinski definition) is 4. The Labute approximate surface area is 170 Å². The summed E-state index contributed by atoms with van der Waals surface area (Å²) in [7, 11) is 0. The van der Waals surface area contributed by atoms with Crippen molar-refractivity contribution in [3.8, 4) is 0 Å². The Hall–Kier alpha value is -3.18. The van der Waals surface area contributed by atoms with Crippen molar-refractivity contribution in [2.75, 3.05) is 5.32 Å². The summed E-state index contributed by atoms with van der Waals surface area (Å²) < 4.78 is 0. The number of hydrogen-bond donors (Lipinski definition) is 1. The Kier molecular flexibility index (Phi) is 7.29. The predicted molar refractivity (Wildman–Crippen MR) is 113 cm³/mol. The van der Waals surface area contributed by atoms with Crippen LogP contribution in [-0.2, 0) is 0 Å². The van der Waals surface area contributed by atoms with Crippen LogP contribution >= 0.6 is 12.4 Å². The van der Waals surface area contributed by atoms with Crippen molar-refractivity contribution in [1.82, 2.24) is 0 Å². The third kappa shape index (κ3) is 5.41. The monoisotopic (exact) mass is 396 g/mol. The van der Waals surface area contributed by atoms with Crippen molar-refractivity contribution in [3.05, 3.63) is 106 Å². The minimum atomic E-state index is -0.472. The number of non-ortho nitro benzene ring substituents is 1. The lowest BCUT2D eigenvalue weighted by Gasteiger charge is -2.20. The Morgan fingerprint density at radius 2 is 1.57 bits per heavy atom. The molecule has 0 fully saturated rings. The maximum atomic E-state index is 12.7. The van der Waals surface area contributed by atoms with E-state index in [1.165, 1.54) is 29.8 Å². The molecule has 0 heterocycles. The number of carbonyl (C=O) groups excluding carboxylic acids is 1. The lowest BCUT2D eigenvalue weighted by Crippen LogP contribution is -2.15. The molecule has 1 unspecified atom stereocenters. The second-order valence-electron chi connectivity index (χ2n) is 6.40. The highest BCUT2D eigenvalue weighted by Crippen LogP contribution is 2.25. The third-order valence-corrected chi connectivity index (χ3v) is 4.38. The van der Waals surface area contributed by atoms with Gasteiger partial charge in [-0.3, -0.25) is 14.9 Å². The smallest absolute Gasteiger partial charge is 0.269 e. The van der Waals surface area contributed by atoms with E-state index in [1.54, 1.807) is 0 Å². The standard InChI is InChI=1S/C22H20N2O3.ClH/c1-16-7-11-19(12-8-16)23-21(17-5-3-2-4-6-17)15-22(25)18-9-13-20(14-10-18)24(26)27;/h2-14,21,23H,15H2,1H3;1H. The van der Waals surface area contributed by atoms with E-state index < -0.39 is 4.92 Å². The van der Waals surface area contributed by atoms with Crippen LogP contribution in [-0.4, -0.2) is 10.7 Å². The number of rotatable bonds is 7. The van der Waals surface area contributed by atoms with E-state index in [0.29, 0.717) is 5.56 Å². The molecule has 0 aromatic heterocycles. The molecular formula is C22H21ClN2O3. The molecule has 0 aliphatic rings. The normalized spacial score (nSPS) is 11.2. The Balaban J connectivity index is 0.00000280. The van der Waals surface area contributed by atoms with Crippen LogP contribution in [0.3, 0.4) is 0 Å². The highest BCUT2D eigenvalue weighted by Gasteiger charge is 2.18. The van der Waals surface area contributed by atoms with E-state index >= 15 is 0 Å². The fraction of sp³-hybridized carbons (Fsp3) is 0.136. The Morgan fingerprint density at radius 3 is 2.14 bits per heavy atom. The van der Waals surface area contributed by atoms with E-state index in [2.05, 4.69) is 5.32 Å². The van der Waals surface area contributed by atoms with Gasteiger partial charge in [0.2, 0.25) is 0 Å². The van der Waals surface area contributed by atoms with Crippen LogP contribution < -0.4 is 5.32 Å². The fourth-order valence-electron chi connectivity index (χ4n) is 2.86. The molecule has 3 aromatic rings. The number of nitrogens with one attached hydrogen (secondary N) is 1. The number of ketones is 1. The maximum Gasteiger partial charge on any atom is 0.269 e. The summed E-state index contributed by atoms with van der Waals surface area (Å²) in [4.78, 5) is 23.1. The van der Waals surface area contributed by atoms with E-state index in [0.717, 1.165) is 11.3 Å². The van der Waals surface area contributed by atoms with Crippen LogP contribution in [0.5, 0.6) is 0 Å². The SMILES string of the molecule is Cc1ccc(NC(CC(=O)c2ccc([N+](=O)[O-])cc2)c2ccccc2)cc1.Cl. The summed E-state index contributed by atoms with van der Waals surface area (Å²) in [5.74, 6) is -0.0710. The summed E-state index contributed by atoms with van der Waals surface area (Å²) in [5, 5.41) is 14.2. The number of Topliss-reactive ketones (excluding diaryl/α,β-unsaturated/α-hetero) is 1. The quantitative estimate of drug-likeness (QED) is 0.313. The molecule has 144 valence electrons. The molecule has 0 aliphatic heterocycles. The average Bonchev–Trinajstić information content (AvgIpc) is 2.70. The first-order chi connectivity index (χ1) is 13.0. The number of aryl methyl sites for hydroxylation is 1. The molecule has 3 aromatic carbocycles. The van der Waals surface area contributed by atoms with Crippen molar-refractivity contribution in [2.24, 2.45) is 0 Å². The molecule has 0 amide bonds. The van der Waals surface area contributed by atoms with Crippen molar-refractivity contribution >= 4 is 29.6 Å². The first-order valence-corrected chi connectivity index (χ1v) is 8.69. The summed E-state index contributed by atoms with van der Waals surface area (Å²) >= 11 is 0. The molecule has 0 radical (unpaired) electrons. The minimum absolute atomic E-state index is 0. The lowest BCUT2D eigenvalue weighted by molar-refractivity contribution is -0.384. The zero-order chi connectivity index (χ0) is 19.2. The van der Waals surface area contributed by atoms with Gasteiger partial charge in [0.05, 0.1) is 11.0 Å². The van der Waals surface area contributed by atoms with Gasteiger partial charge < -0.3 is 5.32 Å². The van der Waals surface area contributed by atoms with Gasteiger partial charge in [-0.1, -0.05) is 48.0 Å². The molecule has 0 bridgehead atoms. The number of halogens is 1. The molecule has 0 saturated carbocycles. The van der Waals surface area contributed by atoms with Gasteiger partial charge in [0.1, 0.15) is 0 Å². The van der Waals surface area contributed by atoms with Crippen molar-refractivity contribution in [2.45, 2.75) is 19.4 Å². The molecule has 0 spiro atoms. The number of nitrogens with zero attached hydrogens (tertiary/aromatic N) is 1. The molecular weight excluding hydrogens is 376 g/mol. The Bertz CT molecular complexity index is 926. The molecule has 28 heavy (non-hydrogen) atoms. The molecule has 3 rings (SSSR count). The van der Waals surface area contributed by atoms with Gasteiger partial charge in [-0.05, 0) is 36.8 Å². The minimum Gasteiger partial charge on any atom is -0.378 e. The lowest BCUT2D eigenvalue weighted by atomic mass is 9.97. The summed E-state index contributed by atoms with van der Waals surface area (Å²) in [6, 6.07) is 23.3. The van der Waals surface area contributed by atoms with Crippen molar-refractivity contribution < 1.29 is 9.72 Å². The van der Waals surface area contributed by atoms with Crippen LogP contribution in [0, 0.1) is 17.0 Å². The first-order valence-electron chi connectivity index (χ1n) is 8.69. The highest BCUT2D eigenvalue weighted by atomic mass is 35.5. The van der Waals surface area contributed by atoms with Gasteiger partial charge in [-0.25, -0.2) is 0 Å². The van der Waals surface area contributed by atoms with E-state index in [1.807, 2.05) is 61.5 Å². The van der Waals surface area contributed by atoms with Gasteiger partial charge in [0, 0.05) is 29.8 Å². The average molecular weight is 397 g/mol. The maximum absolute atomic E-state index is 12.7. The largest absolute Gasteiger partial charge is 0.378 e. The first kappa shape index (κ1) is 21.1. The Morgan fingerprint density at radius 1 is 0.964 bits per heavy atom. The van der Waals surface area contributed by atoms with Gasteiger partial charge >= 0.3 is 0 Å². The number of nitro groups is 1. The fourth-order valence-corrected chi connectivity index (χ4v) is 2.86. The van der Waals surface area contributed by atoms with Gasteiger partial charge in [0.15, 0.2) is 5.78 Å².